The Morgan fingerprint density at radius 1 is 1.17 bits per heavy atom. The van der Waals surface area contributed by atoms with Gasteiger partial charge in [-0.15, -0.1) is 11.3 Å². The lowest BCUT2D eigenvalue weighted by Crippen LogP contribution is -1.96. The molecule has 0 atom stereocenters. The molecule has 90 valence electrons. The molecule has 3 aromatic rings. The summed E-state index contributed by atoms with van der Waals surface area (Å²) in [6.45, 7) is 0.495. The van der Waals surface area contributed by atoms with Crippen molar-refractivity contribution in [2.24, 2.45) is 5.73 Å². The van der Waals surface area contributed by atoms with Gasteiger partial charge in [0.2, 0.25) is 0 Å². The minimum atomic E-state index is -0.209. The van der Waals surface area contributed by atoms with Gasteiger partial charge < -0.3 is 5.73 Å². The molecule has 3 rings (SSSR count). The van der Waals surface area contributed by atoms with Crippen LogP contribution in [0.2, 0.25) is 0 Å². The smallest absolute Gasteiger partial charge is 0.124 e. The molecule has 0 bridgehead atoms. The van der Waals surface area contributed by atoms with Crippen molar-refractivity contribution in [2.75, 3.05) is 0 Å². The van der Waals surface area contributed by atoms with Crippen LogP contribution < -0.4 is 5.73 Å². The number of halogens is 1. The first-order valence-corrected chi connectivity index (χ1v) is 6.42. The van der Waals surface area contributed by atoms with Crippen molar-refractivity contribution in [3.05, 3.63) is 54.0 Å². The number of rotatable bonds is 2. The van der Waals surface area contributed by atoms with Crippen LogP contribution in [0.4, 0.5) is 4.39 Å². The molecule has 2 N–H and O–H groups in total. The number of hydrogen-bond donors (Lipinski definition) is 1. The molecule has 18 heavy (non-hydrogen) atoms. The largest absolute Gasteiger partial charge is 0.326 e. The van der Waals surface area contributed by atoms with E-state index in [1.807, 2.05) is 18.2 Å². The van der Waals surface area contributed by atoms with E-state index < -0.39 is 0 Å². The van der Waals surface area contributed by atoms with Crippen molar-refractivity contribution >= 4 is 21.4 Å². The van der Waals surface area contributed by atoms with Gasteiger partial charge in [0.25, 0.3) is 0 Å². The molecule has 2 heterocycles. The zero-order valence-electron chi connectivity index (χ0n) is 9.56. The lowest BCUT2D eigenvalue weighted by Gasteiger charge is -1.99. The number of pyridine rings is 1. The highest BCUT2D eigenvalue weighted by Gasteiger charge is 2.06. The summed E-state index contributed by atoms with van der Waals surface area (Å²) in [7, 11) is 0. The molecular formula is C14H11FN2S. The van der Waals surface area contributed by atoms with Crippen molar-refractivity contribution in [3.8, 4) is 10.6 Å². The summed E-state index contributed by atoms with van der Waals surface area (Å²) in [6, 6.07) is 10.7. The van der Waals surface area contributed by atoms with Gasteiger partial charge in [0.15, 0.2) is 0 Å². The lowest BCUT2D eigenvalue weighted by molar-refractivity contribution is 0.630. The highest BCUT2D eigenvalue weighted by molar-refractivity contribution is 7.22. The molecule has 4 heteroatoms. The number of nitrogens with two attached hydrogens (primary N) is 1. The Morgan fingerprint density at radius 2 is 2.06 bits per heavy atom. The minimum Gasteiger partial charge on any atom is -0.326 e. The van der Waals surface area contributed by atoms with Gasteiger partial charge in [0.05, 0.1) is 10.6 Å². The zero-order chi connectivity index (χ0) is 12.5. The fraction of sp³-hybridized carbons (Fsp3) is 0.0714. The maximum Gasteiger partial charge on any atom is 0.124 e. The second-order valence-corrected chi connectivity index (χ2v) is 5.13. The van der Waals surface area contributed by atoms with Crippen LogP contribution in [-0.4, -0.2) is 4.98 Å². The predicted octanol–water partition coefficient (Wildman–Crippen LogP) is 3.56. The Hall–Kier alpha value is -1.78. The summed E-state index contributed by atoms with van der Waals surface area (Å²) in [5.74, 6) is -0.209. The zero-order valence-corrected chi connectivity index (χ0v) is 10.4. The van der Waals surface area contributed by atoms with E-state index in [0.29, 0.717) is 6.54 Å². The lowest BCUT2D eigenvalue weighted by atomic mass is 10.2. The van der Waals surface area contributed by atoms with Crippen molar-refractivity contribution in [1.82, 2.24) is 4.98 Å². The standard InChI is InChI=1S/C14H11FN2S/c15-11-2-1-10-6-14(18-13(10)7-11)12-5-9(8-16)3-4-17-12/h1-7H,8,16H2. The summed E-state index contributed by atoms with van der Waals surface area (Å²) < 4.78 is 14.1. The molecule has 0 amide bonds. The number of benzene rings is 1. The first-order valence-electron chi connectivity index (χ1n) is 5.61. The molecule has 0 radical (unpaired) electrons. The fourth-order valence-corrected chi connectivity index (χ4v) is 2.92. The molecule has 0 aliphatic carbocycles. The molecule has 0 aliphatic rings. The Balaban J connectivity index is 2.13. The predicted molar refractivity (Wildman–Crippen MR) is 72.9 cm³/mol. The van der Waals surface area contributed by atoms with Gasteiger partial charge in [0.1, 0.15) is 5.82 Å². The topological polar surface area (TPSA) is 38.9 Å². The van der Waals surface area contributed by atoms with E-state index in [-0.39, 0.29) is 5.82 Å². The van der Waals surface area contributed by atoms with Crippen LogP contribution in [0.1, 0.15) is 5.56 Å². The average molecular weight is 258 g/mol. The van der Waals surface area contributed by atoms with Crippen LogP contribution in [0.25, 0.3) is 20.7 Å². The average Bonchev–Trinajstić information content (AvgIpc) is 2.81. The molecule has 0 saturated carbocycles. The first-order chi connectivity index (χ1) is 8.76. The molecule has 0 saturated heterocycles. The van der Waals surface area contributed by atoms with E-state index >= 15 is 0 Å². The quantitative estimate of drug-likeness (QED) is 0.763. The minimum absolute atomic E-state index is 0.209. The molecule has 2 nitrogen and oxygen atoms in total. The number of aromatic nitrogens is 1. The van der Waals surface area contributed by atoms with Crippen LogP contribution in [0, 0.1) is 5.82 Å². The van der Waals surface area contributed by atoms with Gasteiger partial charge in [-0.05, 0) is 41.3 Å². The third-order valence-electron chi connectivity index (χ3n) is 2.79. The van der Waals surface area contributed by atoms with Gasteiger partial charge in [0, 0.05) is 17.4 Å². The summed E-state index contributed by atoms with van der Waals surface area (Å²) in [4.78, 5) is 5.37. The maximum atomic E-state index is 13.1. The molecule has 0 unspecified atom stereocenters. The van der Waals surface area contributed by atoms with Crippen molar-refractivity contribution in [1.29, 1.82) is 0 Å². The SMILES string of the molecule is NCc1ccnc(-c2cc3ccc(F)cc3s2)c1. The van der Waals surface area contributed by atoms with E-state index in [2.05, 4.69) is 4.98 Å². The second kappa shape index (κ2) is 4.48. The molecule has 2 aromatic heterocycles. The fourth-order valence-electron chi connectivity index (χ4n) is 1.87. The Labute approximate surface area is 108 Å². The molecule has 1 aromatic carbocycles. The Bertz CT molecular complexity index is 706. The number of thiophene rings is 1. The summed E-state index contributed by atoms with van der Waals surface area (Å²) in [6.07, 6.45) is 1.75. The summed E-state index contributed by atoms with van der Waals surface area (Å²) in [5.41, 5.74) is 7.55. The maximum absolute atomic E-state index is 13.1. The Kier molecular flexibility index (Phi) is 2.81. The van der Waals surface area contributed by atoms with Crippen LogP contribution in [0.5, 0.6) is 0 Å². The van der Waals surface area contributed by atoms with Crippen LogP contribution in [-0.2, 0) is 6.54 Å². The normalized spacial score (nSPS) is 11.0. The van der Waals surface area contributed by atoms with Gasteiger partial charge in [-0.1, -0.05) is 6.07 Å². The van der Waals surface area contributed by atoms with E-state index in [1.165, 1.54) is 6.07 Å². The van der Waals surface area contributed by atoms with Crippen LogP contribution in [0.15, 0.2) is 42.6 Å². The molecular weight excluding hydrogens is 247 g/mol. The van der Waals surface area contributed by atoms with Crippen LogP contribution >= 0.6 is 11.3 Å². The van der Waals surface area contributed by atoms with Gasteiger partial charge in [-0.3, -0.25) is 4.98 Å². The molecule has 0 spiro atoms. The van der Waals surface area contributed by atoms with E-state index in [4.69, 9.17) is 5.73 Å². The molecule has 0 aliphatic heterocycles. The van der Waals surface area contributed by atoms with E-state index in [9.17, 15) is 4.39 Å². The van der Waals surface area contributed by atoms with Crippen LogP contribution in [0.3, 0.4) is 0 Å². The summed E-state index contributed by atoms with van der Waals surface area (Å²) >= 11 is 1.54. The van der Waals surface area contributed by atoms with E-state index in [0.717, 1.165) is 26.2 Å². The summed E-state index contributed by atoms with van der Waals surface area (Å²) in [5, 5.41) is 1.04. The van der Waals surface area contributed by atoms with Gasteiger partial charge in [-0.25, -0.2) is 4.39 Å². The monoisotopic (exact) mass is 258 g/mol. The highest BCUT2D eigenvalue weighted by atomic mass is 32.1. The van der Waals surface area contributed by atoms with Crippen molar-refractivity contribution < 1.29 is 4.39 Å². The van der Waals surface area contributed by atoms with E-state index in [1.54, 1.807) is 29.7 Å². The highest BCUT2D eigenvalue weighted by Crippen LogP contribution is 2.33. The van der Waals surface area contributed by atoms with Crippen molar-refractivity contribution in [3.63, 3.8) is 0 Å². The Morgan fingerprint density at radius 3 is 2.89 bits per heavy atom. The first kappa shape index (κ1) is 11.3. The number of fused-ring (bicyclic) bond motifs is 1. The number of hydrogen-bond acceptors (Lipinski definition) is 3. The van der Waals surface area contributed by atoms with Crippen molar-refractivity contribution in [2.45, 2.75) is 6.54 Å². The van der Waals surface area contributed by atoms with Gasteiger partial charge >= 0.3 is 0 Å². The third-order valence-corrected chi connectivity index (χ3v) is 3.91. The second-order valence-electron chi connectivity index (χ2n) is 4.05. The van der Waals surface area contributed by atoms with Gasteiger partial charge in [-0.2, -0.15) is 0 Å². The third kappa shape index (κ3) is 2.00. The number of nitrogens with zero attached hydrogens (tertiary/aromatic N) is 1. The molecule has 0 fully saturated rings.